The average molecular weight is 270 g/mol. The zero-order chi connectivity index (χ0) is 14.6. The molecule has 0 saturated carbocycles. The van der Waals surface area contributed by atoms with Gasteiger partial charge in [0.1, 0.15) is 18.2 Å². The molecule has 0 saturated heterocycles. The number of benzene rings is 1. The first kappa shape index (κ1) is 15.3. The Morgan fingerprint density at radius 3 is 2.26 bits per heavy atom. The Morgan fingerprint density at radius 1 is 1.26 bits per heavy atom. The first-order valence-electron chi connectivity index (χ1n) is 5.89. The fraction of sp³-hybridized carbons (Fsp3) is 0.500. The number of halogens is 1. The van der Waals surface area contributed by atoms with Gasteiger partial charge in [-0.05, 0) is 12.1 Å². The molecule has 4 nitrogen and oxygen atoms in total. The van der Waals surface area contributed by atoms with Crippen molar-refractivity contribution in [2.75, 3.05) is 14.2 Å². The smallest absolute Gasteiger partial charge is 0.304 e. The highest BCUT2D eigenvalue weighted by Gasteiger charge is 2.29. The van der Waals surface area contributed by atoms with Crippen LogP contribution in [0.2, 0.25) is 0 Å². The van der Waals surface area contributed by atoms with Crippen molar-refractivity contribution in [2.45, 2.75) is 32.4 Å². The predicted octanol–water partition coefficient (Wildman–Crippen LogP) is 2.93. The Kier molecular flexibility index (Phi) is 4.75. The average Bonchev–Trinajstić information content (AvgIpc) is 2.35. The third kappa shape index (κ3) is 3.36. The summed E-state index contributed by atoms with van der Waals surface area (Å²) in [6, 6.07) is 3.20. The van der Waals surface area contributed by atoms with E-state index >= 15 is 0 Å². The minimum Gasteiger partial charge on any atom is -0.496 e. The highest BCUT2D eigenvalue weighted by molar-refractivity contribution is 5.69. The molecular weight excluding hydrogens is 251 g/mol. The van der Waals surface area contributed by atoms with Crippen molar-refractivity contribution >= 4 is 5.97 Å². The Bertz CT molecular complexity index is 469. The monoisotopic (exact) mass is 270 g/mol. The summed E-state index contributed by atoms with van der Waals surface area (Å²) in [5.41, 5.74) is 0.430. The summed E-state index contributed by atoms with van der Waals surface area (Å²) in [6.07, 6.45) is -0.0541. The van der Waals surface area contributed by atoms with Gasteiger partial charge in [-0.15, -0.1) is 0 Å². The van der Waals surface area contributed by atoms with Crippen molar-refractivity contribution in [3.8, 4) is 11.5 Å². The van der Waals surface area contributed by atoms with Crippen molar-refractivity contribution in [3.63, 3.8) is 0 Å². The summed E-state index contributed by atoms with van der Waals surface area (Å²) in [4.78, 5) is 10.9. The largest absolute Gasteiger partial charge is 0.496 e. The predicted molar refractivity (Wildman–Crippen MR) is 69.6 cm³/mol. The van der Waals surface area contributed by atoms with Gasteiger partial charge in [0, 0.05) is 16.5 Å². The van der Waals surface area contributed by atoms with Crippen LogP contribution in [0.1, 0.15) is 31.4 Å². The molecule has 1 rings (SSSR count). The lowest BCUT2D eigenvalue weighted by atomic mass is 9.80. The molecule has 0 aliphatic rings. The zero-order valence-electron chi connectivity index (χ0n) is 11.6. The highest BCUT2D eigenvalue weighted by Crippen LogP contribution is 2.39. The SMILES string of the molecule is COc1cc(C(C)(C)CC(=O)O)c(OC)cc1CF. The van der Waals surface area contributed by atoms with Crippen LogP contribution < -0.4 is 9.47 Å². The number of carboxylic acids is 1. The van der Waals surface area contributed by atoms with Crippen LogP contribution in [0.5, 0.6) is 11.5 Å². The maximum Gasteiger partial charge on any atom is 0.304 e. The van der Waals surface area contributed by atoms with E-state index in [-0.39, 0.29) is 6.42 Å². The van der Waals surface area contributed by atoms with Crippen LogP contribution in [0.4, 0.5) is 4.39 Å². The molecule has 0 spiro atoms. The van der Waals surface area contributed by atoms with Gasteiger partial charge >= 0.3 is 5.97 Å². The normalized spacial score (nSPS) is 11.2. The first-order chi connectivity index (χ1) is 8.85. The Morgan fingerprint density at radius 2 is 1.84 bits per heavy atom. The fourth-order valence-corrected chi connectivity index (χ4v) is 2.07. The molecule has 0 radical (unpaired) electrons. The molecule has 0 fully saturated rings. The van der Waals surface area contributed by atoms with Crippen molar-refractivity contribution in [2.24, 2.45) is 0 Å². The molecule has 19 heavy (non-hydrogen) atoms. The summed E-state index contributed by atoms with van der Waals surface area (Å²) in [5.74, 6) is -0.0305. The van der Waals surface area contributed by atoms with Crippen LogP contribution in [0.15, 0.2) is 12.1 Å². The molecule has 0 aliphatic carbocycles. The molecule has 0 amide bonds. The number of ether oxygens (including phenoxy) is 2. The number of rotatable bonds is 6. The van der Waals surface area contributed by atoms with Gasteiger partial charge in [0.05, 0.1) is 20.6 Å². The van der Waals surface area contributed by atoms with E-state index in [1.54, 1.807) is 26.0 Å². The molecule has 1 aromatic rings. The third-order valence-corrected chi connectivity index (χ3v) is 3.07. The minimum absolute atomic E-state index is 0.0541. The van der Waals surface area contributed by atoms with Crippen LogP contribution in [-0.4, -0.2) is 25.3 Å². The van der Waals surface area contributed by atoms with Crippen molar-refractivity contribution in [1.29, 1.82) is 0 Å². The summed E-state index contributed by atoms with van der Waals surface area (Å²) in [6.45, 7) is 2.93. The third-order valence-electron chi connectivity index (χ3n) is 3.07. The van der Waals surface area contributed by atoms with Gasteiger partial charge in [0.15, 0.2) is 0 Å². The Balaban J connectivity index is 3.36. The van der Waals surface area contributed by atoms with Gasteiger partial charge in [0.2, 0.25) is 0 Å². The summed E-state index contributed by atoms with van der Waals surface area (Å²) in [5, 5.41) is 8.97. The number of hydrogen-bond acceptors (Lipinski definition) is 3. The summed E-state index contributed by atoms with van der Waals surface area (Å²) >= 11 is 0. The molecule has 5 heteroatoms. The second-order valence-electron chi connectivity index (χ2n) is 4.95. The number of carboxylic acid groups (broad SMARTS) is 1. The minimum atomic E-state index is -0.902. The van der Waals surface area contributed by atoms with Crippen LogP contribution in [0, 0.1) is 0 Å². The van der Waals surface area contributed by atoms with E-state index in [4.69, 9.17) is 14.6 Å². The molecule has 106 valence electrons. The van der Waals surface area contributed by atoms with Crippen LogP contribution in [0.3, 0.4) is 0 Å². The van der Waals surface area contributed by atoms with Crippen molar-refractivity contribution in [1.82, 2.24) is 0 Å². The lowest BCUT2D eigenvalue weighted by Crippen LogP contribution is -2.22. The summed E-state index contributed by atoms with van der Waals surface area (Å²) < 4.78 is 23.3. The van der Waals surface area contributed by atoms with Crippen molar-refractivity contribution < 1.29 is 23.8 Å². The van der Waals surface area contributed by atoms with Gasteiger partial charge in [-0.1, -0.05) is 13.8 Å². The topological polar surface area (TPSA) is 55.8 Å². The molecule has 0 bridgehead atoms. The quantitative estimate of drug-likeness (QED) is 0.863. The Hall–Kier alpha value is -1.78. The van der Waals surface area contributed by atoms with Crippen LogP contribution in [-0.2, 0) is 16.9 Å². The molecule has 0 atom stereocenters. The van der Waals surface area contributed by atoms with E-state index in [0.29, 0.717) is 22.6 Å². The van der Waals surface area contributed by atoms with E-state index in [0.717, 1.165) is 0 Å². The molecule has 0 unspecified atom stereocenters. The zero-order valence-corrected chi connectivity index (χ0v) is 11.6. The maximum atomic E-state index is 12.9. The number of hydrogen-bond donors (Lipinski definition) is 1. The summed E-state index contributed by atoms with van der Waals surface area (Å²) in [7, 11) is 2.93. The lowest BCUT2D eigenvalue weighted by Gasteiger charge is -2.26. The van der Waals surface area contributed by atoms with E-state index in [1.165, 1.54) is 14.2 Å². The number of alkyl halides is 1. The van der Waals surface area contributed by atoms with Gasteiger partial charge in [-0.2, -0.15) is 0 Å². The molecular formula is C14H19FO4. The number of aliphatic carboxylic acids is 1. The van der Waals surface area contributed by atoms with Crippen LogP contribution >= 0.6 is 0 Å². The van der Waals surface area contributed by atoms with Gasteiger partial charge in [-0.25, -0.2) is 4.39 Å². The lowest BCUT2D eigenvalue weighted by molar-refractivity contribution is -0.138. The second-order valence-corrected chi connectivity index (χ2v) is 4.95. The van der Waals surface area contributed by atoms with E-state index < -0.39 is 18.1 Å². The number of methoxy groups -OCH3 is 2. The molecule has 0 aliphatic heterocycles. The standard InChI is InChI=1S/C14H19FO4/c1-14(2,7-13(16)17)10-6-11(18-3)9(8-15)5-12(10)19-4/h5-6H,7-8H2,1-4H3,(H,16,17). The van der Waals surface area contributed by atoms with Crippen molar-refractivity contribution in [3.05, 3.63) is 23.3 Å². The molecule has 1 aromatic carbocycles. The Labute approximate surface area is 112 Å². The van der Waals surface area contributed by atoms with Gasteiger partial charge in [0.25, 0.3) is 0 Å². The van der Waals surface area contributed by atoms with Crippen LogP contribution in [0.25, 0.3) is 0 Å². The van der Waals surface area contributed by atoms with E-state index in [2.05, 4.69) is 0 Å². The van der Waals surface area contributed by atoms with E-state index in [9.17, 15) is 9.18 Å². The molecule has 1 N–H and O–H groups in total. The van der Waals surface area contributed by atoms with Gasteiger partial charge in [-0.3, -0.25) is 4.79 Å². The second kappa shape index (κ2) is 5.91. The fourth-order valence-electron chi connectivity index (χ4n) is 2.07. The maximum absolute atomic E-state index is 12.9. The van der Waals surface area contributed by atoms with Gasteiger partial charge < -0.3 is 14.6 Å². The van der Waals surface area contributed by atoms with E-state index in [1.807, 2.05) is 0 Å². The molecule has 0 aromatic heterocycles. The molecule has 0 heterocycles. The highest BCUT2D eigenvalue weighted by atomic mass is 19.1. The number of carbonyl (C=O) groups is 1. The first-order valence-corrected chi connectivity index (χ1v) is 5.89.